The number of likely N-dealkylation sites (tertiary alicyclic amines) is 1. The summed E-state index contributed by atoms with van der Waals surface area (Å²) in [5.41, 5.74) is 5.90. The summed E-state index contributed by atoms with van der Waals surface area (Å²) in [5, 5.41) is 0. The number of piperidine rings is 1. The van der Waals surface area contributed by atoms with E-state index in [9.17, 15) is 4.79 Å². The van der Waals surface area contributed by atoms with Crippen LogP contribution in [0.15, 0.2) is 0 Å². The highest BCUT2D eigenvalue weighted by molar-refractivity contribution is 5.82. The standard InChI is InChI=1S/C15H31N3O/c1-6-9-18-10-7-12(8-11-18)17(5)14(19)13(16)15(2,3)4/h12-13H,6-11,16H2,1-5H3/t13-/m1/s1. The van der Waals surface area contributed by atoms with Crippen molar-refractivity contribution in [2.75, 3.05) is 26.7 Å². The van der Waals surface area contributed by atoms with Gasteiger partial charge in [0.05, 0.1) is 6.04 Å². The second kappa shape index (κ2) is 6.71. The van der Waals surface area contributed by atoms with Crippen molar-refractivity contribution in [1.29, 1.82) is 0 Å². The van der Waals surface area contributed by atoms with E-state index in [0.717, 1.165) is 25.9 Å². The van der Waals surface area contributed by atoms with E-state index < -0.39 is 6.04 Å². The highest BCUT2D eigenvalue weighted by Crippen LogP contribution is 2.22. The summed E-state index contributed by atoms with van der Waals surface area (Å²) < 4.78 is 0. The molecule has 1 heterocycles. The lowest BCUT2D eigenvalue weighted by atomic mass is 9.86. The Bertz CT molecular complexity index is 290. The molecule has 1 atom stereocenters. The normalized spacial score (nSPS) is 20.3. The number of hydrogen-bond acceptors (Lipinski definition) is 3. The van der Waals surface area contributed by atoms with Crippen molar-refractivity contribution in [2.24, 2.45) is 11.1 Å². The SMILES string of the molecule is CCCN1CCC(N(C)C(=O)[C@@H](N)C(C)(C)C)CC1. The van der Waals surface area contributed by atoms with E-state index in [-0.39, 0.29) is 11.3 Å². The maximum Gasteiger partial charge on any atom is 0.240 e. The number of hydrogen-bond donors (Lipinski definition) is 1. The molecule has 0 aromatic carbocycles. The first-order chi connectivity index (χ1) is 8.77. The molecule has 19 heavy (non-hydrogen) atoms. The summed E-state index contributed by atoms with van der Waals surface area (Å²) in [6.07, 6.45) is 3.34. The van der Waals surface area contributed by atoms with Crippen LogP contribution in [0, 0.1) is 5.41 Å². The predicted molar refractivity (Wildman–Crippen MR) is 80.0 cm³/mol. The van der Waals surface area contributed by atoms with Crippen molar-refractivity contribution in [3.8, 4) is 0 Å². The molecule has 0 unspecified atom stereocenters. The van der Waals surface area contributed by atoms with E-state index in [0.29, 0.717) is 6.04 Å². The fraction of sp³-hybridized carbons (Fsp3) is 0.933. The van der Waals surface area contributed by atoms with Crippen molar-refractivity contribution in [1.82, 2.24) is 9.80 Å². The summed E-state index contributed by atoms with van der Waals surface area (Å²) in [6, 6.07) is -0.0554. The Hall–Kier alpha value is -0.610. The minimum atomic E-state index is -0.411. The number of amides is 1. The predicted octanol–water partition coefficient (Wildman–Crippen LogP) is 1.69. The molecule has 0 aliphatic carbocycles. The van der Waals surface area contributed by atoms with Gasteiger partial charge in [-0.05, 0) is 31.2 Å². The lowest BCUT2D eigenvalue weighted by molar-refractivity contribution is -0.136. The highest BCUT2D eigenvalue weighted by Gasteiger charge is 2.33. The van der Waals surface area contributed by atoms with Gasteiger partial charge in [-0.3, -0.25) is 4.79 Å². The van der Waals surface area contributed by atoms with Gasteiger partial charge in [0.1, 0.15) is 0 Å². The minimum absolute atomic E-state index is 0.0847. The fourth-order valence-corrected chi connectivity index (χ4v) is 2.62. The van der Waals surface area contributed by atoms with Gasteiger partial charge in [0, 0.05) is 26.2 Å². The second-order valence-electron chi connectivity index (χ2n) is 6.87. The van der Waals surface area contributed by atoms with Gasteiger partial charge in [0.25, 0.3) is 0 Å². The topological polar surface area (TPSA) is 49.6 Å². The molecule has 112 valence electrons. The van der Waals surface area contributed by atoms with E-state index in [1.807, 2.05) is 32.7 Å². The number of nitrogens with zero attached hydrogens (tertiary/aromatic N) is 2. The van der Waals surface area contributed by atoms with Gasteiger partial charge in [-0.15, -0.1) is 0 Å². The van der Waals surface area contributed by atoms with Crippen molar-refractivity contribution in [2.45, 2.75) is 59.0 Å². The van der Waals surface area contributed by atoms with Gasteiger partial charge < -0.3 is 15.5 Å². The van der Waals surface area contributed by atoms with E-state index in [1.54, 1.807) is 0 Å². The Balaban J connectivity index is 2.51. The summed E-state index contributed by atoms with van der Waals surface area (Å²) in [5.74, 6) is 0.0847. The molecule has 4 heteroatoms. The van der Waals surface area contributed by atoms with Gasteiger partial charge in [-0.2, -0.15) is 0 Å². The molecular formula is C15H31N3O. The Morgan fingerprint density at radius 2 is 1.89 bits per heavy atom. The molecule has 0 radical (unpaired) electrons. The van der Waals surface area contributed by atoms with Gasteiger partial charge in [0.15, 0.2) is 0 Å². The molecule has 1 saturated heterocycles. The van der Waals surface area contributed by atoms with Crippen LogP contribution in [0.3, 0.4) is 0 Å². The quantitative estimate of drug-likeness (QED) is 0.845. The first-order valence-electron chi connectivity index (χ1n) is 7.52. The molecule has 1 aliphatic heterocycles. The van der Waals surface area contributed by atoms with Gasteiger partial charge in [0.2, 0.25) is 5.91 Å². The van der Waals surface area contributed by atoms with Crippen LogP contribution in [0.25, 0.3) is 0 Å². The molecule has 1 rings (SSSR count). The molecule has 0 aromatic heterocycles. The zero-order chi connectivity index (χ0) is 14.6. The van der Waals surface area contributed by atoms with Gasteiger partial charge >= 0.3 is 0 Å². The Labute approximate surface area is 118 Å². The molecule has 0 spiro atoms. The van der Waals surface area contributed by atoms with Crippen LogP contribution >= 0.6 is 0 Å². The fourth-order valence-electron chi connectivity index (χ4n) is 2.62. The van der Waals surface area contributed by atoms with Crippen LogP contribution in [0.1, 0.15) is 47.0 Å². The smallest absolute Gasteiger partial charge is 0.240 e. The lowest BCUT2D eigenvalue weighted by Crippen LogP contribution is -2.54. The molecule has 1 amide bonds. The maximum absolute atomic E-state index is 12.4. The van der Waals surface area contributed by atoms with Crippen molar-refractivity contribution < 1.29 is 4.79 Å². The first-order valence-corrected chi connectivity index (χ1v) is 7.52. The Morgan fingerprint density at radius 1 is 1.37 bits per heavy atom. The molecular weight excluding hydrogens is 238 g/mol. The zero-order valence-electron chi connectivity index (χ0n) is 13.3. The number of carbonyl (C=O) groups excluding carboxylic acids is 1. The van der Waals surface area contributed by atoms with E-state index in [4.69, 9.17) is 5.73 Å². The molecule has 2 N–H and O–H groups in total. The summed E-state index contributed by atoms with van der Waals surface area (Å²) >= 11 is 0. The first kappa shape index (κ1) is 16.4. The molecule has 0 bridgehead atoms. The molecule has 0 saturated carbocycles. The van der Waals surface area contributed by atoms with E-state index in [2.05, 4.69) is 11.8 Å². The van der Waals surface area contributed by atoms with Crippen LogP contribution in [-0.4, -0.2) is 54.5 Å². The molecule has 1 fully saturated rings. The molecule has 4 nitrogen and oxygen atoms in total. The number of likely N-dealkylation sites (N-methyl/N-ethyl adjacent to an activating group) is 1. The van der Waals surface area contributed by atoms with Crippen LogP contribution in [0.4, 0.5) is 0 Å². The third kappa shape index (κ3) is 4.46. The van der Waals surface area contributed by atoms with Crippen molar-refractivity contribution in [3.63, 3.8) is 0 Å². The summed E-state index contributed by atoms with van der Waals surface area (Å²) in [6.45, 7) is 11.6. The number of nitrogens with two attached hydrogens (primary N) is 1. The van der Waals surface area contributed by atoms with E-state index in [1.165, 1.54) is 13.0 Å². The van der Waals surface area contributed by atoms with Crippen molar-refractivity contribution >= 4 is 5.91 Å². The largest absolute Gasteiger partial charge is 0.341 e. The van der Waals surface area contributed by atoms with Crippen LogP contribution in [0.2, 0.25) is 0 Å². The third-order valence-corrected chi connectivity index (χ3v) is 4.19. The van der Waals surface area contributed by atoms with Gasteiger partial charge in [-0.25, -0.2) is 0 Å². The van der Waals surface area contributed by atoms with Crippen molar-refractivity contribution in [3.05, 3.63) is 0 Å². The average Bonchev–Trinajstić information content (AvgIpc) is 2.36. The molecule has 0 aromatic rings. The third-order valence-electron chi connectivity index (χ3n) is 4.19. The monoisotopic (exact) mass is 269 g/mol. The van der Waals surface area contributed by atoms with Crippen LogP contribution < -0.4 is 5.73 Å². The van der Waals surface area contributed by atoms with Gasteiger partial charge in [-0.1, -0.05) is 27.7 Å². The van der Waals surface area contributed by atoms with E-state index >= 15 is 0 Å². The Morgan fingerprint density at radius 3 is 2.32 bits per heavy atom. The molecule has 1 aliphatic rings. The number of carbonyl (C=O) groups is 1. The Kier molecular flexibility index (Phi) is 5.81. The summed E-state index contributed by atoms with van der Waals surface area (Å²) in [7, 11) is 1.91. The number of rotatable bonds is 4. The van der Waals surface area contributed by atoms with Crippen LogP contribution in [-0.2, 0) is 4.79 Å². The zero-order valence-corrected chi connectivity index (χ0v) is 13.3. The second-order valence-corrected chi connectivity index (χ2v) is 6.87. The minimum Gasteiger partial charge on any atom is -0.341 e. The summed E-state index contributed by atoms with van der Waals surface area (Å²) in [4.78, 5) is 16.8. The average molecular weight is 269 g/mol. The maximum atomic E-state index is 12.4. The lowest BCUT2D eigenvalue weighted by Gasteiger charge is -2.39. The highest BCUT2D eigenvalue weighted by atomic mass is 16.2. The van der Waals surface area contributed by atoms with Crippen LogP contribution in [0.5, 0.6) is 0 Å².